The van der Waals surface area contributed by atoms with Crippen molar-refractivity contribution in [3.63, 3.8) is 0 Å². The summed E-state index contributed by atoms with van der Waals surface area (Å²) in [5.41, 5.74) is 3.17. The zero-order chi connectivity index (χ0) is 11.4. The van der Waals surface area contributed by atoms with Crippen LogP contribution in [0.5, 0.6) is 0 Å². The number of benzene rings is 1. The summed E-state index contributed by atoms with van der Waals surface area (Å²) in [6, 6.07) is 6.60. The minimum absolute atomic E-state index is 0.140. The molecule has 3 heteroatoms. The molecule has 0 amide bonds. The molecule has 0 unspecified atom stereocenters. The van der Waals surface area contributed by atoms with Gasteiger partial charge in [-0.25, -0.2) is 0 Å². The molecule has 17 heavy (non-hydrogen) atoms. The van der Waals surface area contributed by atoms with E-state index in [0.29, 0.717) is 12.0 Å². The molecule has 0 saturated carbocycles. The largest absolute Gasteiger partial charge is 0.331 e. The lowest BCUT2D eigenvalue weighted by atomic mass is 9.76. The maximum Gasteiger partial charge on any atom is 0.195 e. The molecular weight excluding hydrogens is 215 g/mol. The highest BCUT2D eigenvalue weighted by molar-refractivity contribution is 5.88. The third kappa shape index (κ3) is 1.23. The SMILES string of the molecule is Fc1[nH]c2cccc3c2c1C[C@H]1NCCC[C@H]31. The number of piperidine rings is 1. The van der Waals surface area contributed by atoms with Gasteiger partial charge in [-0.2, -0.15) is 4.39 Å². The normalized spacial score (nSPS) is 27.1. The molecule has 1 aromatic carbocycles. The van der Waals surface area contributed by atoms with Crippen molar-refractivity contribution in [2.24, 2.45) is 0 Å². The summed E-state index contributed by atoms with van der Waals surface area (Å²) in [5, 5.41) is 4.69. The van der Waals surface area contributed by atoms with Crippen molar-refractivity contribution in [1.82, 2.24) is 10.3 Å². The molecule has 88 valence electrons. The Bertz CT molecular complexity index is 587. The molecule has 2 nitrogen and oxygen atoms in total. The molecule has 2 heterocycles. The Morgan fingerprint density at radius 3 is 3.18 bits per heavy atom. The van der Waals surface area contributed by atoms with Crippen molar-refractivity contribution in [1.29, 1.82) is 0 Å². The van der Waals surface area contributed by atoms with Crippen LogP contribution in [0.4, 0.5) is 4.39 Å². The van der Waals surface area contributed by atoms with E-state index < -0.39 is 0 Å². The van der Waals surface area contributed by atoms with Gasteiger partial charge in [0.2, 0.25) is 0 Å². The Morgan fingerprint density at radius 2 is 2.24 bits per heavy atom. The number of H-pyrrole nitrogens is 1. The third-order valence-corrected chi connectivity index (χ3v) is 4.32. The van der Waals surface area contributed by atoms with Crippen LogP contribution in [0.25, 0.3) is 10.9 Å². The second-order valence-electron chi connectivity index (χ2n) is 5.20. The van der Waals surface area contributed by atoms with Gasteiger partial charge in [-0.15, -0.1) is 0 Å². The summed E-state index contributed by atoms with van der Waals surface area (Å²) in [7, 11) is 0. The van der Waals surface area contributed by atoms with Crippen LogP contribution in [0, 0.1) is 5.95 Å². The zero-order valence-corrected chi connectivity index (χ0v) is 9.59. The van der Waals surface area contributed by atoms with Crippen LogP contribution >= 0.6 is 0 Å². The first-order chi connectivity index (χ1) is 8.34. The second kappa shape index (κ2) is 3.33. The maximum absolute atomic E-state index is 13.9. The molecule has 0 spiro atoms. The van der Waals surface area contributed by atoms with E-state index in [1.807, 2.05) is 12.1 Å². The van der Waals surface area contributed by atoms with Gasteiger partial charge in [0.25, 0.3) is 0 Å². The second-order valence-corrected chi connectivity index (χ2v) is 5.20. The predicted molar refractivity (Wildman–Crippen MR) is 65.7 cm³/mol. The Morgan fingerprint density at radius 1 is 1.29 bits per heavy atom. The highest BCUT2D eigenvalue weighted by atomic mass is 19.1. The minimum Gasteiger partial charge on any atom is -0.331 e. The van der Waals surface area contributed by atoms with Gasteiger partial charge in [0.05, 0.1) is 0 Å². The number of hydrogen-bond donors (Lipinski definition) is 2. The molecule has 1 aliphatic heterocycles. The van der Waals surface area contributed by atoms with E-state index >= 15 is 0 Å². The van der Waals surface area contributed by atoms with Crippen LogP contribution in [-0.2, 0) is 6.42 Å². The minimum atomic E-state index is -0.140. The molecule has 2 aromatic rings. The maximum atomic E-state index is 13.9. The summed E-state index contributed by atoms with van der Waals surface area (Å²) in [6.07, 6.45) is 3.27. The number of nitrogens with one attached hydrogen (secondary N) is 2. The summed E-state index contributed by atoms with van der Waals surface area (Å²) >= 11 is 0. The number of rotatable bonds is 0. The zero-order valence-electron chi connectivity index (χ0n) is 9.59. The fourth-order valence-electron chi connectivity index (χ4n) is 3.57. The van der Waals surface area contributed by atoms with Crippen molar-refractivity contribution in [3.05, 3.63) is 35.3 Å². The van der Waals surface area contributed by atoms with Gasteiger partial charge >= 0.3 is 0 Å². The molecule has 1 aromatic heterocycles. The monoisotopic (exact) mass is 230 g/mol. The Balaban J connectivity index is 2.01. The van der Waals surface area contributed by atoms with Crippen LogP contribution < -0.4 is 5.32 Å². The van der Waals surface area contributed by atoms with Crippen LogP contribution in [0.2, 0.25) is 0 Å². The molecule has 1 aliphatic carbocycles. The Hall–Kier alpha value is -1.35. The number of aromatic nitrogens is 1. The molecule has 4 rings (SSSR count). The van der Waals surface area contributed by atoms with Crippen molar-refractivity contribution in [3.8, 4) is 0 Å². The fourth-order valence-corrected chi connectivity index (χ4v) is 3.57. The van der Waals surface area contributed by atoms with E-state index in [1.165, 1.54) is 18.4 Å². The fraction of sp³-hybridized carbons (Fsp3) is 0.429. The van der Waals surface area contributed by atoms with Gasteiger partial charge < -0.3 is 10.3 Å². The smallest absolute Gasteiger partial charge is 0.195 e. The quantitative estimate of drug-likeness (QED) is 0.715. The van der Waals surface area contributed by atoms with Crippen molar-refractivity contribution in [2.75, 3.05) is 6.54 Å². The first-order valence-corrected chi connectivity index (χ1v) is 6.37. The highest BCUT2D eigenvalue weighted by Crippen LogP contribution is 2.41. The van der Waals surface area contributed by atoms with Gasteiger partial charge in [0.1, 0.15) is 0 Å². The van der Waals surface area contributed by atoms with Crippen molar-refractivity contribution in [2.45, 2.75) is 31.2 Å². The Labute approximate surface area is 99.2 Å². The van der Waals surface area contributed by atoms with E-state index in [9.17, 15) is 4.39 Å². The van der Waals surface area contributed by atoms with E-state index in [-0.39, 0.29) is 5.95 Å². The van der Waals surface area contributed by atoms with E-state index in [4.69, 9.17) is 0 Å². The third-order valence-electron chi connectivity index (χ3n) is 4.32. The van der Waals surface area contributed by atoms with E-state index in [2.05, 4.69) is 16.4 Å². The average molecular weight is 230 g/mol. The van der Waals surface area contributed by atoms with Crippen LogP contribution in [0.15, 0.2) is 18.2 Å². The summed E-state index contributed by atoms with van der Waals surface area (Å²) in [6.45, 7) is 1.07. The van der Waals surface area contributed by atoms with Crippen molar-refractivity contribution >= 4 is 10.9 Å². The molecule has 2 N–H and O–H groups in total. The molecule has 0 radical (unpaired) electrons. The van der Waals surface area contributed by atoms with Gasteiger partial charge in [-0.1, -0.05) is 12.1 Å². The predicted octanol–water partition coefficient (Wildman–Crippen LogP) is 2.70. The topological polar surface area (TPSA) is 27.8 Å². The summed E-state index contributed by atoms with van der Waals surface area (Å²) in [4.78, 5) is 2.87. The van der Waals surface area contributed by atoms with Gasteiger partial charge in [0, 0.05) is 28.4 Å². The van der Waals surface area contributed by atoms with Crippen LogP contribution in [-0.4, -0.2) is 17.6 Å². The number of aromatic amines is 1. The van der Waals surface area contributed by atoms with Crippen LogP contribution in [0.1, 0.15) is 29.9 Å². The number of hydrogen-bond acceptors (Lipinski definition) is 1. The van der Waals surface area contributed by atoms with Gasteiger partial charge in [-0.3, -0.25) is 0 Å². The molecule has 1 saturated heterocycles. The van der Waals surface area contributed by atoms with E-state index in [0.717, 1.165) is 29.4 Å². The standard InChI is InChI=1S/C14H15FN2/c15-14-10-7-12-8(4-2-6-16-12)9-3-1-5-11(17-14)13(9)10/h1,3,5,8,12,16-17H,2,4,6-7H2/t8-,12-/m1/s1. The number of halogens is 1. The lowest BCUT2D eigenvalue weighted by Gasteiger charge is -2.36. The lowest BCUT2D eigenvalue weighted by molar-refractivity contribution is 0.342. The highest BCUT2D eigenvalue weighted by Gasteiger charge is 2.34. The molecule has 1 fully saturated rings. The molecule has 2 atom stereocenters. The molecular formula is C14H15FN2. The summed E-state index contributed by atoms with van der Waals surface area (Å²) in [5.74, 6) is 0.424. The number of fused-ring (bicyclic) bond motifs is 2. The van der Waals surface area contributed by atoms with Gasteiger partial charge in [0.15, 0.2) is 5.95 Å². The van der Waals surface area contributed by atoms with Crippen molar-refractivity contribution < 1.29 is 4.39 Å². The summed E-state index contributed by atoms with van der Waals surface area (Å²) < 4.78 is 13.9. The average Bonchev–Trinajstić information content (AvgIpc) is 2.68. The first-order valence-electron chi connectivity index (χ1n) is 6.37. The Kier molecular flexibility index (Phi) is 1.89. The van der Waals surface area contributed by atoms with Gasteiger partial charge in [-0.05, 0) is 37.4 Å². The lowest BCUT2D eigenvalue weighted by Crippen LogP contribution is -2.43. The first kappa shape index (κ1) is 9.66. The molecule has 2 aliphatic rings. The van der Waals surface area contributed by atoms with E-state index in [1.54, 1.807) is 0 Å². The molecule has 0 bridgehead atoms. The van der Waals surface area contributed by atoms with Crippen LogP contribution in [0.3, 0.4) is 0 Å².